The molecule has 4 N–H and O–H groups in total. The van der Waals surface area contributed by atoms with Crippen LogP contribution in [0.2, 0.25) is 0 Å². The number of benzene rings is 2. The molecule has 0 unspecified atom stereocenters. The summed E-state index contributed by atoms with van der Waals surface area (Å²) < 4.78 is 5.36. The predicted octanol–water partition coefficient (Wildman–Crippen LogP) is 3.00. The number of amides is 2. The fraction of sp³-hybridized carbons (Fsp3) is 0.462. The van der Waals surface area contributed by atoms with Gasteiger partial charge in [0, 0.05) is 25.0 Å². The van der Waals surface area contributed by atoms with Crippen molar-refractivity contribution in [1.29, 1.82) is 0 Å². The van der Waals surface area contributed by atoms with Gasteiger partial charge < -0.3 is 25.8 Å². The highest BCUT2D eigenvalue weighted by atomic mass is 16.5. The predicted molar refractivity (Wildman–Crippen MR) is 127 cm³/mol. The van der Waals surface area contributed by atoms with E-state index in [2.05, 4.69) is 5.32 Å². The molecule has 2 aromatic rings. The lowest BCUT2D eigenvalue weighted by Gasteiger charge is -2.31. The van der Waals surface area contributed by atoms with Crippen molar-refractivity contribution in [2.75, 3.05) is 6.54 Å². The summed E-state index contributed by atoms with van der Waals surface area (Å²) in [7, 11) is 0. The third-order valence-corrected chi connectivity index (χ3v) is 5.86. The SMILES string of the molecule is CCC[C@H](N)[C@@H](O)CN(C(=O)[C@H](Cc1ccccc1)NC(=O)OCc1ccccc1)C1CC1. The summed E-state index contributed by atoms with van der Waals surface area (Å²) in [5.74, 6) is -0.222. The average Bonchev–Trinajstić information content (AvgIpc) is 3.67. The van der Waals surface area contributed by atoms with E-state index >= 15 is 0 Å². The lowest BCUT2D eigenvalue weighted by molar-refractivity contribution is -0.135. The second kappa shape index (κ2) is 12.4. The Morgan fingerprint density at radius 1 is 1.09 bits per heavy atom. The number of aliphatic hydroxyl groups excluding tert-OH is 1. The van der Waals surface area contributed by atoms with Gasteiger partial charge in [-0.2, -0.15) is 0 Å². The number of nitrogens with two attached hydrogens (primary N) is 1. The largest absolute Gasteiger partial charge is 0.445 e. The van der Waals surface area contributed by atoms with Crippen molar-refractivity contribution in [3.05, 3.63) is 71.8 Å². The van der Waals surface area contributed by atoms with E-state index in [0.29, 0.717) is 12.8 Å². The van der Waals surface area contributed by atoms with Gasteiger partial charge in [0.2, 0.25) is 5.91 Å². The first kappa shape index (κ1) is 24.7. The summed E-state index contributed by atoms with van der Waals surface area (Å²) in [6, 6.07) is 17.8. The quantitative estimate of drug-likeness (QED) is 0.458. The third kappa shape index (κ3) is 7.87. The summed E-state index contributed by atoms with van der Waals surface area (Å²) >= 11 is 0. The molecule has 1 saturated carbocycles. The minimum absolute atomic E-state index is 0.0707. The lowest BCUT2D eigenvalue weighted by atomic mass is 10.0. The summed E-state index contributed by atoms with van der Waals surface area (Å²) in [5.41, 5.74) is 7.89. The van der Waals surface area contributed by atoms with E-state index in [1.165, 1.54) is 0 Å². The van der Waals surface area contributed by atoms with Crippen LogP contribution in [-0.2, 0) is 22.6 Å². The van der Waals surface area contributed by atoms with Crippen molar-refractivity contribution in [2.24, 2.45) is 5.73 Å². The number of hydrogen-bond acceptors (Lipinski definition) is 5. The molecule has 0 spiro atoms. The molecule has 1 aliphatic rings. The van der Waals surface area contributed by atoms with Crippen molar-refractivity contribution in [3.8, 4) is 0 Å². The molecule has 7 nitrogen and oxygen atoms in total. The molecule has 2 amide bonds. The zero-order valence-electron chi connectivity index (χ0n) is 19.2. The first-order valence-electron chi connectivity index (χ1n) is 11.7. The van der Waals surface area contributed by atoms with Crippen molar-refractivity contribution in [2.45, 2.75) is 69.9 Å². The molecular formula is C26H35N3O4. The normalized spacial score (nSPS) is 15.8. The van der Waals surface area contributed by atoms with Crippen molar-refractivity contribution >= 4 is 12.0 Å². The number of rotatable bonds is 12. The molecular weight excluding hydrogens is 418 g/mol. The molecule has 33 heavy (non-hydrogen) atoms. The van der Waals surface area contributed by atoms with E-state index < -0.39 is 18.2 Å². The van der Waals surface area contributed by atoms with Crippen LogP contribution in [0.25, 0.3) is 0 Å². The monoisotopic (exact) mass is 453 g/mol. The number of carbonyl (C=O) groups excluding carboxylic acids is 2. The van der Waals surface area contributed by atoms with Crippen LogP contribution in [0.5, 0.6) is 0 Å². The topological polar surface area (TPSA) is 105 Å². The zero-order chi connectivity index (χ0) is 23.6. The van der Waals surface area contributed by atoms with Gasteiger partial charge in [0.05, 0.1) is 6.10 Å². The van der Waals surface area contributed by atoms with E-state index in [0.717, 1.165) is 30.4 Å². The molecule has 3 atom stereocenters. The Bertz CT molecular complexity index is 874. The summed E-state index contributed by atoms with van der Waals surface area (Å²) in [4.78, 5) is 27.8. The molecule has 7 heteroatoms. The fourth-order valence-electron chi connectivity index (χ4n) is 3.82. The first-order valence-corrected chi connectivity index (χ1v) is 11.7. The van der Waals surface area contributed by atoms with Crippen LogP contribution in [0, 0.1) is 0 Å². The Hall–Kier alpha value is -2.90. The van der Waals surface area contributed by atoms with Gasteiger partial charge in [-0.25, -0.2) is 4.79 Å². The average molecular weight is 454 g/mol. The second-order valence-corrected chi connectivity index (χ2v) is 8.69. The smallest absolute Gasteiger partial charge is 0.408 e. The van der Waals surface area contributed by atoms with Gasteiger partial charge in [-0.15, -0.1) is 0 Å². The van der Waals surface area contributed by atoms with Crippen LogP contribution < -0.4 is 11.1 Å². The van der Waals surface area contributed by atoms with Gasteiger partial charge >= 0.3 is 6.09 Å². The highest BCUT2D eigenvalue weighted by Gasteiger charge is 2.38. The fourth-order valence-corrected chi connectivity index (χ4v) is 3.82. The molecule has 3 rings (SSSR count). The molecule has 1 fully saturated rings. The highest BCUT2D eigenvalue weighted by molar-refractivity contribution is 5.86. The minimum Gasteiger partial charge on any atom is -0.445 e. The van der Waals surface area contributed by atoms with E-state index in [4.69, 9.17) is 10.5 Å². The number of nitrogens with zero attached hydrogens (tertiary/aromatic N) is 1. The second-order valence-electron chi connectivity index (χ2n) is 8.69. The Morgan fingerprint density at radius 3 is 2.27 bits per heavy atom. The highest BCUT2D eigenvalue weighted by Crippen LogP contribution is 2.28. The number of nitrogens with one attached hydrogen (secondary N) is 1. The zero-order valence-corrected chi connectivity index (χ0v) is 19.2. The van der Waals surface area contributed by atoms with Crippen LogP contribution in [0.1, 0.15) is 43.7 Å². The van der Waals surface area contributed by atoms with Gasteiger partial charge in [0.1, 0.15) is 12.6 Å². The lowest BCUT2D eigenvalue weighted by Crippen LogP contribution is -2.54. The molecule has 0 aromatic heterocycles. The van der Waals surface area contributed by atoms with Gasteiger partial charge in [0.15, 0.2) is 0 Å². The first-order chi connectivity index (χ1) is 16.0. The minimum atomic E-state index is -0.808. The van der Waals surface area contributed by atoms with Gasteiger partial charge in [-0.1, -0.05) is 74.0 Å². The molecule has 178 valence electrons. The Labute approximate surface area is 195 Å². The van der Waals surface area contributed by atoms with Crippen LogP contribution in [0.15, 0.2) is 60.7 Å². The maximum absolute atomic E-state index is 13.6. The van der Waals surface area contributed by atoms with Crippen molar-refractivity contribution in [1.82, 2.24) is 10.2 Å². The van der Waals surface area contributed by atoms with Crippen molar-refractivity contribution < 1.29 is 19.4 Å². The van der Waals surface area contributed by atoms with E-state index in [1.54, 1.807) is 4.90 Å². The number of hydrogen-bond donors (Lipinski definition) is 3. The molecule has 0 heterocycles. The Morgan fingerprint density at radius 2 is 1.70 bits per heavy atom. The summed E-state index contributed by atoms with van der Waals surface area (Å²) in [5, 5.41) is 13.3. The third-order valence-electron chi connectivity index (χ3n) is 5.86. The Balaban J connectivity index is 1.69. The van der Waals surface area contributed by atoms with Gasteiger partial charge in [-0.05, 0) is 30.4 Å². The van der Waals surface area contributed by atoms with Gasteiger partial charge in [0.25, 0.3) is 0 Å². The molecule has 2 aromatic carbocycles. The maximum Gasteiger partial charge on any atom is 0.408 e. The standard InChI is InChI=1S/C26H35N3O4/c1-2-9-22(27)24(30)17-29(21-14-15-21)25(31)23(16-19-10-5-3-6-11-19)28-26(32)33-18-20-12-7-4-8-13-20/h3-8,10-13,21-24,30H,2,9,14-18,27H2,1H3,(H,28,32)/t22-,23-,24-/m0/s1. The summed E-state index contributed by atoms with van der Waals surface area (Å²) in [6.07, 6.45) is 2.20. The molecule has 0 radical (unpaired) electrons. The van der Waals surface area contributed by atoms with E-state index in [-0.39, 0.29) is 31.1 Å². The van der Waals surface area contributed by atoms with Crippen LogP contribution in [0.4, 0.5) is 4.79 Å². The molecule has 0 aliphatic heterocycles. The molecule has 1 aliphatic carbocycles. The van der Waals surface area contributed by atoms with Crippen LogP contribution in [-0.4, -0.2) is 52.8 Å². The van der Waals surface area contributed by atoms with Crippen molar-refractivity contribution in [3.63, 3.8) is 0 Å². The number of ether oxygens (including phenoxy) is 1. The number of carbonyl (C=O) groups is 2. The van der Waals surface area contributed by atoms with E-state index in [1.807, 2.05) is 67.6 Å². The maximum atomic E-state index is 13.6. The molecule has 0 bridgehead atoms. The molecule has 0 saturated heterocycles. The van der Waals surface area contributed by atoms with E-state index in [9.17, 15) is 14.7 Å². The van der Waals surface area contributed by atoms with Crippen LogP contribution in [0.3, 0.4) is 0 Å². The van der Waals surface area contributed by atoms with Crippen LogP contribution >= 0.6 is 0 Å². The Kier molecular flexibility index (Phi) is 9.27. The summed E-state index contributed by atoms with van der Waals surface area (Å²) in [6.45, 7) is 2.30. The number of alkyl carbamates (subject to hydrolysis) is 1. The van der Waals surface area contributed by atoms with Gasteiger partial charge in [-0.3, -0.25) is 4.79 Å². The number of aliphatic hydroxyl groups is 1.